The molecule has 0 spiro atoms. The number of fused-ring (bicyclic) bond motifs is 2. The molecule has 5 aromatic rings. The second-order valence-electron chi connectivity index (χ2n) is 7.70. The van der Waals surface area contributed by atoms with Gasteiger partial charge >= 0.3 is 5.97 Å². The second-order valence-corrected chi connectivity index (χ2v) is 8.11. The lowest BCUT2D eigenvalue weighted by Crippen LogP contribution is -2.21. The number of hydrogen-bond acceptors (Lipinski definition) is 4. The Kier molecular flexibility index (Phi) is 5.93. The van der Waals surface area contributed by atoms with Crippen molar-refractivity contribution in [1.82, 2.24) is 4.98 Å². The van der Waals surface area contributed by atoms with Crippen molar-refractivity contribution in [3.8, 4) is 11.3 Å². The summed E-state index contributed by atoms with van der Waals surface area (Å²) in [6.45, 7) is -0.440. The van der Waals surface area contributed by atoms with Crippen LogP contribution in [0.4, 0.5) is 5.69 Å². The average molecular weight is 467 g/mol. The maximum Gasteiger partial charge on any atom is 0.339 e. The van der Waals surface area contributed by atoms with Crippen LogP contribution in [0.2, 0.25) is 5.02 Å². The molecule has 1 amide bonds. The molecule has 0 aliphatic heterocycles. The zero-order valence-corrected chi connectivity index (χ0v) is 18.8. The van der Waals surface area contributed by atoms with Crippen LogP contribution in [0.1, 0.15) is 10.4 Å². The van der Waals surface area contributed by atoms with Gasteiger partial charge in [0.1, 0.15) is 0 Å². The number of carbonyl (C=O) groups excluding carboxylic acids is 2. The molecule has 0 saturated heterocycles. The molecule has 34 heavy (non-hydrogen) atoms. The lowest BCUT2D eigenvalue weighted by Gasteiger charge is -2.12. The molecular weight excluding hydrogens is 448 g/mol. The molecular formula is C28H19ClN2O3. The molecule has 5 rings (SSSR count). The van der Waals surface area contributed by atoms with Gasteiger partial charge in [0, 0.05) is 10.9 Å². The van der Waals surface area contributed by atoms with E-state index in [0.717, 1.165) is 16.3 Å². The summed E-state index contributed by atoms with van der Waals surface area (Å²) in [5.41, 5.74) is 3.04. The molecule has 6 heteroatoms. The number of aromatic nitrogens is 1. The van der Waals surface area contributed by atoms with E-state index in [4.69, 9.17) is 21.3 Å². The summed E-state index contributed by atoms with van der Waals surface area (Å²) < 4.78 is 5.37. The Bertz CT molecular complexity index is 1540. The highest BCUT2D eigenvalue weighted by atomic mass is 35.5. The van der Waals surface area contributed by atoms with Gasteiger partial charge in [0.25, 0.3) is 5.91 Å². The number of benzene rings is 4. The van der Waals surface area contributed by atoms with Crippen molar-refractivity contribution in [1.29, 1.82) is 0 Å². The smallest absolute Gasteiger partial charge is 0.339 e. The fraction of sp³-hybridized carbons (Fsp3) is 0.0357. The van der Waals surface area contributed by atoms with E-state index in [-0.39, 0.29) is 0 Å². The summed E-state index contributed by atoms with van der Waals surface area (Å²) in [6.07, 6.45) is 0. The molecule has 0 radical (unpaired) electrons. The van der Waals surface area contributed by atoms with E-state index >= 15 is 0 Å². The van der Waals surface area contributed by atoms with Crippen LogP contribution in [-0.4, -0.2) is 23.5 Å². The van der Waals surface area contributed by atoms with Crippen molar-refractivity contribution in [3.05, 3.63) is 108 Å². The number of esters is 1. The summed E-state index contributed by atoms with van der Waals surface area (Å²) in [5.74, 6) is -1.08. The molecule has 1 aromatic heterocycles. The summed E-state index contributed by atoms with van der Waals surface area (Å²) in [4.78, 5) is 30.2. The Hall–Kier alpha value is -4.22. The average Bonchev–Trinajstić information content (AvgIpc) is 2.87. The van der Waals surface area contributed by atoms with Gasteiger partial charge in [0.15, 0.2) is 6.61 Å². The number of nitrogens with one attached hydrogen (secondary N) is 1. The quantitative estimate of drug-likeness (QED) is 0.300. The monoisotopic (exact) mass is 466 g/mol. The Morgan fingerprint density at radius 1 is 0.824 bits per heavy atom. The molecule has 1 heterocycles. The predicted molar refractivity (Wildman–Crippen MR) is 135 cm³/mol. The van der Waals surface area contributed by atoms with E-state index in [1.807, 2.05) is 66.7 Å². The molecule has 0 aliphatic rings. The number of anilines is 1. The first kappa shape index (κ1) is 21.6. The minimum Gasteiger partial charge on any atom is -0.452 e. The van der Waals surface area contributed by atoms with Crippen molar-refractivity contribution < 1.29 is 14.3 Å². The first-order valence-corrected chi connectivity index (χ1v) is 11.1. The highest BCUT2D eigenvalue weighted by molar-refractivity contribution is 6.33. The second kappa shape index (κ2) is 9.33. The summed E-state index contributed by atoms with van der Waals surface area (Å²) >= 11 is 6.08. The normalized spacial score (nSPS) is 10.9. The molecule has 5 nitrogen and oxygen atoms in total. The van der Waals surface area contributed by atoms with Crippen LogP contribution in [-0.2, 0) is 9.53 Å². The van der Waals surface area contributed by atoms with Crippen molar-refractivity contribution in [2.45, 2.75) is 0 Å². The molecule has 0 atom stereocenters. The van der Waals surface area contributed by atoms with Gasteiger partial charge in [-0.25, -0.2) is 9.78 Å². The number of carbonyl (C=O) groups is 2. The molecule has 0 aliphatic carbocycles. The first-order valence-electron chi connectivity index (χ1n) is 10.7. The van der Waals surface area contributed by atoms with E-state index in [9.17, 15) is 9.59 Å². The van der Waals surface area contributed by atoms with Gasteiger partial charge in [-0.15, -0.1) is 0 Å². The van der Waals surface area contributed by atoms with Gasteiger partial charge in [-0.05, 0) is 35.0 Å². The zero-order valence-electron chi connectivity index (χ0n) is 18.0. The molecule has 1 N–H and O–H groups in total. The number of ether oxygens (including phenoxy) is 1. The summed E-state index contributed by atoms with van der Waals surface area (Å²) in [6, 6.07) is 29.9. The van der Waals surface area contributed by atoms with Gasteiger partial charge in [-0.1, -0.05) is 84.4 Å². The number of para-hydroxylation sites is 2. The van der Waals surface area contributed by atoms with Crippen LogP contribution >= 0.6 is 11.6 Å². The number of rotatable bonds is 5. The highest BCUT2D eigenvalue weighted by Crippen LogP contribution is 2.30. The van der Waals surface area contributed by atoms with Gasteiger partial charge < -0.3 is 10.1 Å². The highest BCUT2D eigenvalue weighted by Gasteiger charge is 2.17. The standard InChI is InChI=1S/C28H19ClN2O3/c29-23-13-4-6-15-25(23)31-27(32)17-34-28(33)22-16-26(30-24-14-5-3-11-21(22)24)20-12-7-9-18-8-1-2-10-19(18)20/h1-16H,17H2,(H,31,32). The van der Waals surface area contributed by atoms with Crippen LogP contribution in [0.5, 0.6) is 0 Å². The van der Waals surface area contributed by atoms with Crippen molar-refractivity contribution >= 4 is 50.8 Å². The SMILES string of the molecule is O=C(COC(=O)c1cc(-c2cccc3ccccc23)nc2ccccc12)Nc1ccccc1Cl. The van der Waals surface area contributed by atoms with Crippen LogP contribution in [0, 0.1) is 0 Å². The van der Waals surface area contributed by atoms with E-state index in [1.165, 1.54) is 0 Å². The minimum absolute atomic E-state index is 0.346. The molecule has 0 bridgehead atoms. The van der Waals surface area contributed by atoms with E-state index < -0.39 is 18.5 Å². The summed E-state index contributed by atoms with van der Waals surface area (Å²) in [7, 11) is 0. The number of halogens is 1. The predicted octanol–water partition coefficient (Wildman–Crippen LogP) is 6.50. The van der Waals surface area contributed by atoms with Crippen LogP contribution < -0.4 is 5.32 Å². The van der Waals surface area contributed by atoms with Crippen molar-refractivity contribution in [2.75, 3.05) is 11.9 Å². The third kappa shape index (κ3) is 4.34. The van der Waals surface area contributed by atoms with Crippen LogP contribution in [0.15, 0.2) is 97.1 Å². The Morgan fingerprint density at radius 2 is 1.53 bits per heavy atom. The third-order valence-corrected chi connectivity index (χ3v) is 5.81. The largest absolute Gasteiger partial charge is 0.452 e. The van der Waals surface area contributed by atoms with E-state index in [1.54, 1.807) is 30.3 Å². The summed E-state index contributed by atoms with van der Waals surface area (Å²) in [5, 5.41) is 5.82. The van der Waals surface area contributed by atoms with Gasteiger partial charge in [0.2, 0.25) is 0 Å². The van der Waals surface area contributed by atoms with Gasteiger partial charge in [0.05, 0.1) is 27.5 Å². The Balaban J connectivity index is 1.46. The van der Waals surface area contributed by atoms with Gasteiger partial charge in [-0.2, -0.15) is 0 Å². The van der Waals surface area contributed by atoms with Crippen LogP contribution in [0.25, 0.3) is 32.9 Å². The first-order chi connectivity index (χ1) is 16.6. The zero-order chi connectivity index (χ0) is 23.5. The number of amides is 1. The van der Waals surface area contributed by atoms with Crippen molar-refractivity contribution in [3.63, 3.8) is 0 Å². The van der Waals surface area contributed by atoms with Crippen molar-refractivity contribution in [2.24, 2.45) is 0 Å². The lowest BCUT2D eigenvalue weighted by molar-refractivity contribution is -0.119. The third-order valence-electron chi connectivity index (χ3n) is 5.48. The topological polar surface area (TPSA) is 68.3 Å². The minimum atomic E-state index is -0.602. The molecule has 0 unspecified atom stereocenters. The molecule has 0 fully saturated rings. The number of nitrogens with zero attached hydrogens (tertiary/aromatic N) is 1. The Labute approximate surface area is 201 Å². The molecule has 0 saturated carbocycles. The maximum atomic E-state index is 13.1. The fourth-order valence-electron chi connectivity index (χ4n) is 3.89. The van der Waals surface area contributed by atoms with Crippen LogP contribution in [0.3, 0.4) is 0 Å². The number of pyridine rings is 1. The number of hydrogen-bond donors (Lipinski definition) is 1. The van der Waals surface area contributed by atoms with Gasteiger partial charge in [-0.3, -0.25) is 4.79 Å². The molecule has 4 aromatic carbocycles. The maximum absolute atomic E-state index is 13.1. The molecule has 166 valence electrons. The fourth-order valence-corrected chi connectivity index (χ4v) is 4.07. The lowest BCUT2D eigenvalue weighted by atomic mass is 9.99. The van der Waals surface area contributed by atoms with E-state index in [2.05, 4.69) is 5.32 Å². The van der Waals surface area contributed by atoms with E-state index in [0.29, 0.717) is 32.9 Å². The Morgan fingerprint density at radius 3 is 2.38 bits per heavy atom.